The van der Waals surface area contributed by atoms with Crippen LogP contribution in [0.5, 0.6) is 0 Å². The number of imidazole rings is 1. The van der Waals surface area contributed by atoms with Crippen LogP contribution in [-0.4, -0.2) is 21.2 Å². The van der Waals surface area contributed by atoms with Crippen LogP contribution in [0.1, 0.15) is 31.9 Å². The number of benzene rings is 2. The van der Waals surface area contributed by atoms with E-state index in [0.29, 0.717) is 11.7 Å². The van der Waals surface area contributed by atoms with Gasteiger partial charge < -0.3 is 9.88 Å². The van der Waals surface area contributed by atoms with E-state index in [0.717, 1.165) is 28.2 Å². The molecule has 0 aliphatic carbocycles. The van der Waals surface area contributed by atoms with Crippen molar-refractivity contribution in [1.82, 2.24) is 14.9 Å². The molecule has 1 amide bonds. The van der Waals surface area contributed by atoms with Crippen LogP contribution in [-0.2, 0) is 11.8 Å². The molecule has 3 rings (SSSR count). The van der Waals surface area contributed by atoms with Gasteiger partial charge in [0.2, 0.25) is 5.91 Å². The molecule has 1 unspecified atom stereocenters. The Morgan fingerprint density at radius 3 is 2.50 bits per heavy atom. The minimum atomic E-state index is 0.0385. The lowest BCUT2D eigenvalue weighted by atomic mass is 9.97. The Morgan fingerprint density at radius 2 is 1.81 bits per heavy atom. The molecule has 0 saturated carbocycles. The van der Waals surface area contributed by atoms with Gasteiger partial charge >= 0.3 is 0 Å². The van der Waals surface area contributed by atoms with Gasteiger partial charge in [0.05, 0.1) is 22.8 Å². The molecule has 0 aliphatic heterocycles. The minimum absolute atomic E-state index is 0.0385. The van der Waals surface area contributed by atoms with Gasteiger partial charge in [-0.15, -0.1) is 0 Å². The maximum absolute atomic E-state index is 12.5. The Bertz CT molecular complexity index is 873. The summed E-state index contributed by atoms with van der Waals surface area (Å²) in [6, 6.07) is 18.2. The number of rotatable bonds is 7. The molecule has 4 nitrogen and oxygen atoms in total. The summed E-state index contributed by atoms with van der Waals surface area (Å²) in [6.45, 7) is 4.35. The Balaban J connectivity index is 1.65. The van der Waals surface area contributed by atoms with E-state index in [1.807, 2.05) is 54.1 Å². The highest BCUT2D eigenvalue weighted by atomic mass is 32.2. The average Bonchev–Trinajstić information content (AvgIpc) is 2.96. The molecule has 1 heterocycles. The largest absolute Gasteiger partial charge is 0.349 e. The lowest BCUT2D eigenvalue weighted by Gasteiger charge is -2.21. The van der Waals surface area contributed by atoms with Crippen LogP contribution in [0.2, 0.25) is 0 Å². The summed E-state index contributed by atoms with van der Waals surface area (Å²) >= 11 is 1.48. The van der Waals surface area contributed by atoms with Gasteiger partial charge in [-0.1, -0.05) is 68.1 Å². The molecule has 3 aromatic rings. The van der Waals surface area contributed by atoms with Gasteiger partial charge in [-0.05, 0) is 30.0 Å². The molecule has 0 spiro atoms. The molecule has 26 heavy (non-hydrogen) atoms. The van der Waals surface area contributed by atoms with Crippen molar-refractivity contribution in [2.45, 2.75) is 31.5 Å². The maximum Gasteiger partial charge on any atom is 0.230 e. The van der Waals surface area contributed by atoms with Crippen molar-refractivity contribution in [2.24, 2.45) is 13.0 Å². The number of nitrogens with zero attached hydrogens (tertiary/aromatic N) is 2. The number of aromatic nitrogens is 2. The summed E-state index contributed by atoms with van der Waals surface area (Å²) in [6.07, 6.45) is 0.923. The molecule has 0 bridgehead atoms. The molecule has 5 heteroatoms. The number of amides is 1. The highest BCUT2D eigenvalue weighted by Gasteiger charge is 2.17. The third-order valence-electron chi connectivity index (χ3n) is 4.32. The lowest BCUT2D eigenvalue weighted by Crippen LogP contribution is -2.31. The highest BCUT2D eigenvalue weighted by Crippen LogP contribution is 2.24. The molecule has 1 N–H and O–H groups in total. The number of carbonyl (C=O) groups excluding carboxylic acids is 1. The summed E-state index contributed by atoms with van der Waals surface area (Å²) in [5, 5.41) is 4.05. The van der Waals surface area contributed by atoms with Crippen molar-refractivity contribution < 1.29 is 4.79 Å². The number of carbonyl (C=O) groups is 1. The number of para-hydroxylation sites is 2. The van der Waals surface area contributed by atoms with Gasteiger partial charge in [0.15, 0.2) is 5.16 Å². The molecular weight excluding hydrogens is 342 g/mol. The van der Waals surface area contributed by atoms with E-state index in [2.05, 4.69) is 36.3 Å². The highest BCUT2D eigenvalue weighted by molar-refractivity contribution is 7.99. The van der Waals surface area contributed by atoms with Crippen LogP contribution < -0.4 is 5.32 Å². The summed E-state index contributed by atoms with van der Waals surface area (Å²) in [7, 11) is 1.99. The van der Waals surface area contributed by atoms with Crippen molar-refractivity contribution in [3.05, 3.63) is 60.2 Å². The van der Waals surface area contributed by atoms with Crippen molar-refractivity contribution in [3.8, 4) is 0 Å². The maximum atomic E-state index is 12.5. The van der Waals surface area contributed by atoms with Crippen molar-refractivity contribution >= 4 is 28.7 Å². The van der Waals surface area contributed by atoms with E-state index < -0.39 is 0 Å². The number of nitrogens with one attached hydrogen (secondary N) is 1. The van der Waals surface area contributed by atoms with E-state index in [-0.39, 0.29) is 11.9 Å². The van der Waals surface area contributed by atoms with Gasteiger partial charge in [0.1, 0.15) is 0 Å². The lowest BCUT2D eigenvalue weighted by molar-refractivity contribution is -0.119. The van der Waals surface area contributed by atoms with Gasteiger partial charge in [-0.25, -0.2) is 4.98 Å². The zero-order valence-electron chi connectivity index (χ0n) is 15.5. The monoisotopic (exact) mass is 367 g/mol. The normalized spacial score (nSPS) is 12.5. The second-order valence-corrected chi connectivity index (χ2v) is 7.83. The first-order valence-corrected chi connectivity index (χ1v) is 9.91. The van der Waals surface area contributed by atoms with E-state index >= 15 is 0 Å². The van der Waals surface area contributed by atoms with Crippen LogP contribution in [0.25, 0.3) is 11.0 Å². The molecule has 0 saturated heterocycles. The molecule has 0 radical (unpaired) electrons. The SMILES string of the molecule is CC(C)CC(NC(=O)CSc1nc2ccccc2n1C)c1ccccc1. The standard InChI is InChI=1S/C21H25N3OS/c1-15(2)13-18(16-9-5-4-6-10-16)22-20(25)14-26-21-23-17-11-7-8-12-19(17)24(21)3/h4-12,15,18H,13-14H2,1-3H3,(H,22,25). The van der Waals surface area contributed by atoms with Crippen LogP contribution in [0.3, 0.4) is 0 Å². The summed E-state index contributed by atoms with van der Waals surface area (Å²) in [4.78, 5) is 17.2. The molecule has 1 aromatic heterocycles. The molecule has 0 aliphatic rings. The van der Waals surface area contributed by atoms with Crippen LogP contribution in [0, 0.1) is 5.92 Å². The van der Waals surface area contributed by atoms with E-state index in [1.165, 1.54) is 11.8 Å². The number of aryl methyl sites for hydroxylation is 1. The quantitative estimate of drug-likeness (QED) is 0.622. The summed E-state index contributed by atoms with van der Waals surface area (Å²) < 4.78 is 2.04. The van der Waals surface area contributed by atoms with Crippen LogP contribution in [0.15, 0.2) is 59.8 Å². The third kappa shape index (κ3) is 4.47. The van der Waals surface area contributed by atoms with Gasteiger partial charge in [-0.2, -0.15) is 0 Å². The minimum Gasteiger partial charge on any atom is -0.349 e. The number of fused-ring (bicyclic) bond motifs is 1. The molecule has 2 aromatic carbocycles. The smallest absolute Gasteiger partial charge is 0.230 e. The zero-order valence-corrected chi connectivity index (χ0v) is 16.3. The fourth-order valence-electron chi connectivity index (χ4n) is 3.05. The second-order valence-electron chi connectivity index (χ2n) is 6.89. The fraction of sp³-hybridized carbons (Fsp3) is 0.333. The summed E-state index contributed by atoms with van der Waals surface area (Å²) in [5.41, 5.74) is 3.19. The fourth-order valence-corrected chi connectivity index (χ4v) is 3.85. The van der Waals surface area contributed by atoms with Crippen molar-refractivity contribution in [3.63, 3.8) is 0 Å². The first kappa shape index (κ1) is 18.5. The molecule has 136 valence electrons. The van der Waals surface area contributed by atoms with Gasteiger partial charge in [0, 0.05) is 7.05 Å². The predicted molar refractivity (Wildman–Crippen MR) is 108 cm³/mol. The van der Waals surface area contributed by atoms with Crippen LogP contribution >= 0.6 is 11.8 Å². The van der Waals surface area contributed by atoms with E-state index in [9.17, 15) is 4.79 Å². The Labute approximate surface area is 159 Å². The number of hydrogen-bond acceptors (Lipinski definition) is 3. The second kappa shape index (κ2) is 8.41. The number of thioether (sulfide) groups is 1. The molecule has 0 fully saturated rings. The van der Waals surface area contributed by atoms with E-state index in [1.54, 1.807) is 0 Å². The third-order valence-corrected chi connectivity index (χ3v) is 5.35. The molecular formula is C21H25N3OS. The van der Waals surface area contributed by atoms with Gasteiger partial charge in [0.25, 0.3) is 0 Å². The molecule has 1 atom stereocenters. The van der Waals surface area contributed by atoms with Crippen molar-refractivity contribution in [2.75, 3.05) is 5.75 Å². The zero-order chi connectivity index (χ0) is 18.5. The first-order valence-electron chi connectivity index (χ1n) is 8.93. The summed E-state index contributed by atoms with van der Waals surface area (Å²) in [5.74, 6) is 0.906. The van der Waals surface area contributed by atoms with Crippen LogP contribution in [0.4, 0.5) is 0 Å². The Morgan fingerprint density at radius 1 is 1.12 bits per heavy atom. The number of hydrogen-bond donors (Lipinski definition) is 1. The Kier molecular flexibility index (Phi) is 5.99. The van der Waals surface area contributed by atoms with Crippen molar-refractivity contribution in [1.29, 1.82) is 0 Å². The first-order chi connectivity index (χ1) is 12.5. The average molecular weight is 368 g/mol. The Hall–Kier alpha value is -2.27. The van der Waals surface area contributed by atoms with Gasteiger partial charge in [-0.3, -0.25) is 4.79 Å². The topological polar surface area (TPSA) is 46.9 Å². The predicted octanol–water partition coefficient (Wildman–Crippen LogP) is 4.57. The van der Waals surface area contributed by atoms with E-state index in [4.69, 9.17) is 0 Å².